The molecule has 2 N–H and O–H groups in total. The number of amides is 1. The van der Waals surface area contributed by atoms with Gasteiger partial charge in [0.1, 0.15) is 0 Å². The molecule has 0 unspecified atom stereocenters. The minimum atomic E-state index is -0.301. The first-order chi connectivity index (χ1) is 11.6. The summed E-state index contributed by atoms with van der Waals surface area (Å²) in [6, 6.07) is 10.5. The van der Waals surface area contributed by atoms with Crippen molar-refractivity contribution in [3.8, 4) is 0 Å². The average molecular weight is 359 g/mol. The van der Waals surface area contributed by atoms with Gasteiger partial charge >= 0.3 is 0 Å². The zero-order valence-electron chi connectivity index (χ0n) is 13.8. The van der Waals surface area contributed by atoms with Crippen LogP contribution in [0.1, 0.15) is 39.6 Å². The molecule has 2 bridgehead atoms. The summed E-state index contributed by atoms with van der Waals surface area (Å²) in [6.45, 7) is 5.60. The highest BCUT2D eigenvalue weighted by Gasteiger charge is 2.36. The SMILES string of the molecule is Cc1ccc(Sc2ccc(C(N)=O)c([C@@H]3CN4CCC3CC4)c2)s1. The fourth-order valence-corrected chi connectivity index (χ4v) is 6.17. The Bertz CT molecular complexity index is 762. The highest BCUT2D eigenvalue weighted by Crippen LogP contribution is 2.42. The third kappa shape index (κ3) is 3.13. The Morgan fingerprint density at radius 3 is 2.62 bits per heavy atom. The Morgan fingerprint density at radius 1 is 1.25 bits per heavy atom. The maximum absolute atomic E-state index is 11.9. The topological polar surface area (TPSA) is 46.3 Å². The number of carbonyl (C=O) groups excluding carboxylic acids is 1. The van der Waals surface area contributed by atoms with E-state index >= 15 is 0 Å². The second kappa shape index (κ2) is 6.54. The van der Waals surface area contributed by atoms with E-state index in [1.165, 1.54) is 39.9 Å². The minimum absolute atomic E-state index is 0.301. The summed E-state index contributed by atoms with van der Waals surface area (Å²) in [5.74, 6) is 0.836. The number of aryl methyl sites for hydroxylation is 1. The van der Waals surface area contributed by atoms with Crippen molar-refractivity contribution < 1.29 is 4.79 Å². The van der Waals surface area contributed by atoms with Crippen LogP contribution in [0.3, 0.4) is 0 Å². The Balaban J connectivity index is 1.67. The van der Waals surface area contributed by atoms with E-state index in [0.717, 1.165) is 12.1 Å². The van der Waals surface area contributed by atoms with Gasteiger partial charge in [0.15, 0.2) is 0 Å². The van der Waals surface area contributed by atoms with Crippen LogP contribution in [0.4, 0.5) is 0 Å². The van der Waals surface area contributed by atoms with Crippen LogP contribution in [0.25, 0.3) is 0 Å². The van der Waals surface area contributed by atoms with E-state index in [-0.39, 0.29) is 5.91 Å². The van der Waals surface area contributed by atoms with Crippen molar-refractivity contribution in [1.29, 1.82) is 0 Å². The van der Waals surface area contributed by atoms with Crippen LogP contribution in [0.2, 0.25) is 0 Å². The van der Waals surface area contributed by atoms with Crippen molar-refractivity contribution in [2.24, 2.45) is 11.7 Å². The maximum atomic E-state index is 11.9. The highest BCUT2D eigenvalue weighted by atomic mass is 32.2. The molecule has 3 saturated heterocycles. The smallest absolute Gasteiger partial charge is 0.248 e. The van der Waals surface area contributed by atoms with Gasteiger partial charge in [-0.2, -0.15) is 0 Å². The van der Waals surface area contributed by atoms with Crippen LogP contribution >= 0.6 is 23.1 Å². The molecule has 0 saturated carbocycles. The number of fused-ring (bicyclic) bond motifs is 3. The third-order valence-electron chi connectivity index (χ3n) is 5.28. The van der Waals surface area contributed by atoms with Crippen molar-refractivity contribution >= 4 is 29.0 Å². The normalized spacial score (nSPS) is 25.8. The molecule has 0 aliphatic carbocycles. The Hall–Kier alpha value is -1.30. The molecule has 1 atom stereocenters. The standard InChI is InChI=1S/C19H22N2OS2/c1-12-2-5-18(23-12)24-14-3-4-15(19(20)22)16(10-14)17-11-21-8-6-13(17)7-9-21/h2-5,10,13,17H,6-9,11H2,1H3,(H2,20,22)/t17-/m1/s1. The van der Waals surface area contributed by atoms with E-state index in [9.17, 15) is 4.79 Å². The lowest BCUT2D eigenvalue weighted by Crippen LogP contribution is -2.46. The number of benzene rings is 1. The van der Waals surface area contributed by atoms with Gasteiger partial charge in [0.25, 0.3) is 0 Å². The van der Waals surface area contributed by atoms with Crippen molar-refractivity contribution in [3.63, 3.8) is 0 Å². The molecule has 126 valence electrons. The zero-order valence-corrected chi connectivity index (χ0v) is 15.5. The molecule has 5 rings (SSSR count). The Labute approximate surface area is 151 Å². The second-order valence-corrected chi connectivity index (χ2v) is 9.49. The number of thiophene rings is 1. The molecule has 2 aromatic rings. The third-order valence-corrected chi connectivity index (χ3v) is 7.40. The number of piperidine rings is 3. The fraction of sp³-hybridized carbons (Fsp3) is 0.421. The number of hydrogen-bond acceptors (Lipinski definition) is 4. The highest BCUT2D eigenvalue weighted by molar-refractivity contribution is 8.01. The summed E-state index contributed by atoms with van der Waals surface area (Å²) in [4.78, 5) is 17.0. The van der Waals surface area contributed by atoms with Gasteiger partial charge in [-0.25, -0.2) is 0 Å². The Kier molecular flexibility index (Phi) is 4.41. The van der Waals surface area contributed by atoms with Gasteiger partial charge in [0.2, 0.25) is 5.91 Å². The molecule has 5 heteroatoms. The summed E-state index contributed by atoms with van der Waals surface area (Å²) < 4.78 is 1.29. The largest absolute Gasteiger partial charge is 0.366 e. The quantitative estimate of drug-likeness (QED) is 0.894. The molecular formula is C19H22N2OS2. The first-order valence-electron chi connectivity index (χ1n) is 8.50. The Morgan fingerprint density at radius 2 is 2.04 bits per heavy atom. The molecule has 1 aromatic carbocycles. The maximum Gasteiger partial charge on any atom is 0.248 e. The summed E-state index contributed by atoms with van der Waals surface area (Å²) in [5.41, 5.74) is 7.54. The van der Waals surface area contributed by atoms with Gasteiger partial charge < -0.3 is 10.6 Å². The number of nitrogens with two attached hydrogens (primary N) is 1. The summed E-state index contributed by atoms with van der Waals surface area (Å²) in [7, 11) is 0. The predicted molar refractivity (Wildman–Crippen MR) is 100 cm³/mol. The van der Waals surface area contributed by atoms with Crippen LogP contribution in [0, 0.1) is 12.8 Å². The molecule has 3 aliphatic heterocycles. The lowest BCUT2D eigenvalue weighted by molar-refractivity contribution is 0.0855. The summed E-state index contributed by atoms with van der Waals surface area (Å²) in [5, 5.41) is 0. The molecule has 0 radical (unpaired) electrons. The van der Waals surface area contributed by atoms with Gasteiger partial charge in [-0.1, -0.05) is 11.8 Å². The molecule has 4 heterocycles. The molecule has 3 nitrogen and oxygen atoms in total. The van der Waals surface area contributed by atoms with E-state index in [0.29, 0.717) is 17.4 Å². The van der Waals surface area contributed by atoms with E-state index in [1.54, 1.807) is 11.8 Å². The summed E-state index contributed by atoms with van der Waals surface area (Å²) in [6.07, 6.45) is 2.48. The molecule has 1 aromatic heterocycles. The summed E-state index contributed by atoms with van der Waals surface area (Å²) >= 11 is 3.59. The van der Waals surface area contributed by atoms with E-state index in [2.05, 4.69) is 30.0 Å². The van der Waals surface area contributed by atoms with Crippen LogP contribution in [0.5, 0.6) is 0 Å². The minimum Gasteiger partial charge on any atom is -0.366 e. The van der Waals surface area contributed by atoms with Crippen LogP contribution < -0.4 is 5.73 Å². The van der Waals surface area contributed by atoms with E-state index in [1.807, 2.05) is 23.5 Å². The van der Waals surface area contributed by atoms with E-state index < -0.39 is 0 Å². The lowest BCUT2D eigenvalue weighted by Gasteiger charge is -2.45. The molecule has 3 aliphatic rings. The van der Waals surface area contributed by atoms with Gasteiger partial charge in [-0.05, 0) is 74.7 Å². The van der Waals surface area contributed by atoms with Crippen LogP contribution in [0.15, 0.2) is 39.4 Å². The molecule has 1 amide bonds. The average Bonchev–Trinajstić information content (AvgIpc) is 3.00. The first-order valence-corrected chi connectivity index (χ1v) is 10.1. The number of hydrogen-bond donors (Lipinski definition) is 1. The predicted octanol–water partition coefficient (Wildman–Crippen LogP) is 4.12. The van der Waals surface area contributed by atoms with Crippen LogP contribution in [-0.2, 0) is 0 Å². The molecule has 24 heavy (non-hydrogen) atoms. The molecular weight excluding hydrogens is 336 g/mol. The van der Waals surface area contributed by atoms with Gasteiger partial charge in [-0.3, -0.25) is 4.79 Å². The monoisotopic (exact) mass is 358 g/mol. The van der Waals surface area contributed by atoms with Gasteiger partial charge in [0.05, 0.1) is 4.21 Å². The molecule has 0 spiro atoms. The lowest BCUT2D eigenvalue weighted by atomic mass is 9.74. The second-order valence-electron chi connectivity index (χ2n) is 6.82. The number of nitrogens with zero attached hydrogens (tertiary/aromatic N) is 1. The fourth-order valence-electron chi connectivity index (χ4n) is 4.04. The molecule has 3 fully saturated rings. The van der Waals surface area contributed by atoms with Gasteiger partial charge in [-0.15, -0.1) is 11.3 Å². The van der Waals surface area contributed by atoms with E-state index in [4.69, 9.17) is 5.73 Å². The number of primary amides is 1. The van der Waals surface area contributed by atoms with Crippen molar-refractivity contribution in [2.75, 3.05) is 19.6 Å². The van der Waals surface area contributed by atoms with Crippen LogP contribution in [-0.4, -0.2) is 30.4 Å². The zero-order chi connectivity index (χ0) is 16.7. The van der Waals surface area contributed by atoms with Crippen molar-refractivity contribution in [2.45, 2.75) is 34.8 Å². The van der Waals surface area contributed by atoms with Crippen molar-refractivity contribution in [3.05, 3.63) is 46.3 Å². The van der Waals surface area contributed by atoms with Gasteiger partial charge in [0, 0.05) is 27.8 Å². The first kappa shape index (κ1) is 16.2. The number of rotatable bonds is 4. The number of carbonyl (C=O) groups is 1. The van der Waals surface area contributed by atoms with Crippen molar-refractivity contribution in [1.82, 2.24) is 4.90 Å².